The SMILES string of the molecule is Cc1ccc(N2C(=O)C[C@H]([NH+]3CCN(c4ccccc4O)CC3)C2=O)cc1Cl. The molecule has 6 nitrogen and oxygen atoms in total. The summed E-state index contributed by atoms with van der Waals surface area (Å²) in [4.78, 5) is 30.1. The van der Waals surface area contributed by atoms with Crippen molar-refractivity contribution in [2.45, 2.75) is 19.4 Å². The number of carbonyl (C=O) groups is 2. The predicted octanol–water partition coefficient (Wildman–Crippen LogP) is 1.39. The number of hydrogen-bond donors (Lipinski definition) is 2. The monoisotopic (exact) mass is 400 g/mol. The van der Waals surface area contributed by atoms with Gasteiger partial charge in [0.15, 0.2) is 6.04 Å². The Labute approximate surface area is 168 Å². The molecule has 0 radical (unpaired) electrons. The van der Waals surface area contributed by atoms with Crippen molar-refractivity contribution in [1.82, 2.24) is 0 Å². The number of carbonyl (C=O) groups excluding carboxylic acids is 2. The van der Waals surface area contributed by atoms with Gasteiger partial charge in [-0.05, 0) is 36.8 Å². The molecule has 4 rings (SSSR count). The molecule has 2 aliphatic heterocycles. The van der Waals surface area contributed by atoms with E-state index < -0.39 is 0 Å². The van der Waals surface area contributed by atoms with Crippen molar-refractivity contribution in [3.8, 4) is 5.75 Å². The number of aryl methyl sites for hydroxylation is 1. The van der Waals surface area contributed by atoms with Gasteiger partial charge in [-0.2, -0.15) is 0 Å². The quantitative estimate of drug-likeness (QED) is 0.764. The Bertz CT molecular complexity index is 925. The van der Waals surface area contributed by atoms with Crippen LogP contribution in [0, 0.1) is 6.92 Å². The van der Waals surface area contributed by atoms with Crippen LogP contribution in [0.15, 0.2) is 42.5 Å². The minimum Gasteiger partial charge on any atom is -0.506 e. The molecule has 2 aromatic carbocycles. The van der Waals surface area contributed by atoms with Crippen LogP contribution in [0.3, 0.4) is 0 Å². The first-order chi connectivity index (χ1) is 13.5. The zero-order valence-electron chi connectivity index (χ0n) is 15.7. The molecule has 2 N–H and O–H groups in total. The summed E-state index contributed by atoms with van der Waals surface area (Å²) in [5.74, 6) is -0.0676. The Balaban J connectivity index is 1.46. The molecule has 2 saturated heterocycles. The summed E-state index contributed by atoms with van der Waals surface area (Å²) in [5, 5.41) is 10.6. The summed E-state index contributed by atoms with van der Waals surface area (Å²) in [6.45, 7) is 4.81. The average molecular weight is 401 g/mol. The summed E-state index contributed by atoms with van der Waals surface area (Å²) in [6.07, 6.45) is 0.219. The van der Waals surface area contributed by atoms with E-state index in [1.807, 2.05) is 25.1 Å². The van der Waals surface area contributed by atoms with Crippen LogP contribution in [0.25, 0.3) is 0 Å². The summed E-state index contributed by atoms with van der Waals surface area (Å²) >= 11 is 6.18. The van der Waals surface area contributed by atoms with Gasteiger partial charge in [-0.25, -0.2) is 4.90 Å². The fourth-order valence-corrected chi connectivity index (χ4v) is 4.23. The van der Waals surface area contributed by atoms with Gasteiger partial charge in [-0.1, -0.05) is 29.8 Å². The highest BCUT2D eigenvalue weighted by Crippen LogP contribution is 2.28. The molecule has 28 heavy (non-hydrogen) atoms. The lowest BCUT2D eigenvalue weighted by Crippen LogP contribution is -3.19. The molecule has 2 fully saturated rings. The molecule has 0 spiro atoms. The Hall–Kier alpha value is -2.57. The van der Waals surface area contributed by atoms with E-state index >= 15 is 0 Å². The standard InChI is InChI=1S/C21H22ClN3O3/c1-14-6-7-15(12-16(14)22)25-20(27)13-18(21(25)28)24-10-8-23(9-11-24)17-4-2-3-5-19(17)26/h2-7,12,18,26H,8-11,13H2,1H3/p+1/t18-/m0/s1. The number of amides is 2. The zero-order valence-corrected chi connectivity index (χ0v) is 16.4. The zero-order chi connectivity index (χ0) is 19.8. The number of aromatic hydroxyl groups is 1. The minimum absolute atomic E-state index is 0.157. The largest absolute Gasteiger partial charge is 0.506 e. The van der Waals surface area contributed by atoms with E-state index in [-0.39, 0.29) is 30.0 Å². The van der Waals surface area contributed by atoms with Crippen LogP contribution in [0.5, 0.6) is 5.75 Å². The number of piperazine rings is 1. The number of nitrogens with zero attached hydrogens (tertiary/aromatic N) is 2. The third-order valence-electron chi connectivity index (χ3n) is 5.68. The number of halogens is 1. The molecular weight excluding hydrogens is 378 g/mol. The number of phenolic OH excluding ortho intramolecular Hbond substituents is 1. The maximum atomic E-state index is 13.0. The summed E-state index contributed by atoms with van der Waals surface area (Å²) in [6, 6.07) is 12.2. The Morgan fingerprint density at radius 1 is 1.11 bits per heavy atom. The lowest BCUT2D eigenvalue weighted by Gasteiger charge is -2.35. The normalized spacial score (nSPS) is 20.9. The van der Waals surface area contributed by atoms with E-state index in [2.05, 4.69) is 4.90 Å². The molecule has 146 valence electrons. The average Bonchev–Trinajstić information content (AvgIpc) is 2.99. The van der Waals surface area contributed by atoms with E-state index in [1.54, 1.807) is 24.3 Å². The van der Waals surface area contributed by atoms with E-state index in [9.17, 15) is 14.7 Å². The molecule has 0 aromatic heterocycles. The molecule has 2 aromatic rings. The van der Waals surface area contributed by atoms with Crippen molar-refractivity contribution in [1.29, 1.82) is 0 Å². The van der Waals surface area contributed by atoms with Crippen molar-refractivity contribution in [2.24, 2.45) is 0 Å². The summed E-state index contributed by atoms with van der Waals surface area (Å²) < 4.78 is 0. The van der Waals surface area contributed by atoms with Gasteiger partial charge in [0.1, 0.15) is 5.75 Å². The minimum atomic E-state index is -0.362. The van der Waals surface area contributed by atoms with Crippen LogP contribution >= 0.6 is 11.6 Å². The van der Waals surface area contributed by atoms with Gasteiger partial charge in [-0.15, -0.1) is 0 Å². The van der Waals surface area contributed by atoms with Gasteiger partial charge in [0.25, 0.3) is 5.91 Å². The number of nitrogens with one attached hydrogen (secondary N) is 1. The van der Waals surface area contributed by atoms with E-state index in [0.717, 1.165) is 42.3 Å². The first-order valence-electron chi connectivity index (χ1n) is 9.46. The van der Waals surface area contributed by atoms with Crippen molar-refractivity contribution in [2.75, 3.05) is 36.0 Å². The van der Waals surface area contributed by atoms with Gasteiger partial charge in [-0.3, -0.25) is 9.59 Å². The van der Waals surface area contributed by atoms with Crippen LogP contribution < -0.4 is 14.7 Å². The fraction of sp³-hybridized carbons (Fsp3) is 0.333. The Kier molecular flexibility index (Phi) is 5.00. The number of anilines is 2. The summed E-state index contributed by atoms with van der Waals surface area (Å²) in [5.41, 5.74) is 2.26. The number of benzene rings is 2. The van der Waals surface area contributed by atoms with Crippen LogP contribution in [0.4, 0.5) is 11.4 Å². The molecular formula is C21H23ClN3O3+. The van der Waals surface area contributed by atoms with Crippen LogP contribution in [-0.2, 0) is 9.59 Å². The third kappa shape index (κ3) is 3.34. The van der Waals surface area contributed by atoms with Crippen LogP contribution in [0.2, 0.25) is 5.02 Å². The van der Waals surface area contributed by atoms with Crippen molar-refractivity contribution < 1.29 is 19.6 Å². The second-order valence-electron chi connectivity index (χ2n) is 7.39. The topological polar surface area (TPSA) is 65.3 Å². The van der Waals surface area contributed by atoms with Crippen LogP contribution in [0.1, 0.15) is 12.0 Å². The van der Waals surface area contributed by atoms with Crippen molar-refractivity contribution >= 4 is 34.8 Å². The maximum absolute atomic E-state index is 13.0. The number of hydrogen-bond acceptors (Lipinski definition) is 4. The second-order valence-corrected chi connectivity index (χ2v) is 7.80. The Morgan fingerprint density at radius 2 is 1.82 bits per heavy atom. The lowest BCUT2D eigenvalue weighted by molar-refractivity contribution is -0.915. The lowest BCUT2D eigenvalue weighted by atomic mass is 10.1. The summed E-state index contributed by atoms with van der Waals surface area (Å²) in [7, 11) is 0. The number of rotatable bonds is 3. The molecule has 2 amide bonds. The van der Waals surface area contributed by atoms with Crippen molar-refractivity contribution in [3.63, 3.8) is 0 Å². The second kappa shape index (κ2) is 7.45. The first kappa shape index (κ1) is 18.8. The third-order valence-corrected chi connectivity index (χ3v) is 6.09. The van der Waals surface area contributed by atoms with E-state index in [1.165, 1.54) is 4.90 Å². The fourth-order valence-electron chi connectivity index (χ4n) is 4.06. The van der Waals surface area contributed by atoms with Gasteiger partial charge < -0.3 is 14.9 Å². The molecule has 0 saturated carbocycles. The van der Waals surface area contributed by atoms with Crippen LogP contribution in [-0.4, -0.2) is 49.1 Å². The highest BCUT2D eigenvalue weighted by atomic mass is 35.5. The van der Waals surface area contributed by atoms with Gasteiger partial charge in [0.05, 0.1) is 44.0 Å². The molecule has 0 bridgehead atoms. The highest BCUT2D eigenvalue weighted by Gasteiger charge is 2.46. The molecule has 1 atom stereocenters. The van der Waals surface area contributed by atoms with E-state index in [0.29, 0.717) is 10.7 Å². The van der Waals surface area contributed by atoms with Gasteiger partial charge >= 0.3 is 0 Å². The maximum Gasteiger partial charge on any atom is 0.292 e. The number of quaternary nitrogens is 1. The van der Waals surface area contributed by atoms with Gasteiger partial charge in [0, 0.05) is 5.02 Å². The number of para-hydroxylation sites is 2. The first-order valence-corrected chi connectivity index (χ1v) is 9.84. The predicted molar refractivity (Wildman–Crippen MR) is 108 cm³/mol. The number of phenols is 1. The van der Waals surface area contributed by atoms with E-state index in [4.69, 9.17) is 11.6 Å². The molecule has 0 unspecified atom stereocenters. The van der Waals surface area contributed by atoms with Crippen molar-refractivity contribution in [3.05, 3.63) is 53.1 Å². The molecule has 2 heterocycles. The van der Waals surface area contributed by atoms with Gasteiger partial charge in [0.2, 0.25) is 5.91 Å². The molecule has 2 aliphatic rings. The Morgan fingerprint density at radius 3 is 2.50 bits per heavy atom. The molecule has 7 heteroatoms. The smallest absolute Gasteiger partial charge is 0.292 e. The molecule has 0 aliphatic carbocycles. The number of imide groups is 1. The highest BCUT2D eigenvalue weighted by molar-refractivity contribution is 6.32.